The van der Waals surface area contributed by atoms with Crippen LogP contribution >= 0.6 is 0 Å². The molecular formula is C15H13FN4O. The van der Waals surface area contributed by atoms with Crippen molar-refractivity contribution in [3.8, 4) is 22.7 Å². The van der Waals surface area contributed by atoms with Crippen LogP contribution in [0.15, 0.2) is 48.8 Å². The van der Waals surface area contributed by atoms with Crippen molar-refractivity contribution in [2.24, 2.45) is 0 Å². The van der Waals surface area contributed by atoms with E-state index in [0.29, 0.717) is 12.3 Å². The van der Waals surface area contributed by atoms with Crippen LogP contribution in [0.2, 0.25) is 0 Å². The highest BCUT2D eigenvalue weighted by atomic mass is 19.1. The predicted molar refractivity (Wildman–Crippen MR) is 75.7 cm³/mol. The highest BCUT2D eigenvalue weighted by Gasteiger charge is 2.09. The van der Waals surface area contributed by atoms with E-state index in [2.05, 4.69) is 15.3 Å². The average molecular weight is 284 g/mol. The summed E-state index contributed by atoms with van der Waals surface area (Å²) in [6.45, 7) is 2.52. The molecule has 2 aromatic heterocycles. The number of nitrogens with zero attached hydrogens (tertiary/aromatic N) is 4. The van der Waals surface area contributed by atoms with E-state index in [1.165, 1.54) is 10.9 Å². The van der Waals surface area contributed by atoms with Crippen molar-refractivity contribution < 1.29 is 9.13 Å². The maximum absolute atomic E-state index is 13.6. The molecule has 0 radical (unpaired) electrons. The van der Waals surface area contributed by atoms with E-state index in [9.17, 15) is 4.39 Å². The van der Waals surface area contributed by atoms with Gasteiger partial charge in [0.15, 0.2) is 0 Å². The molecule has 0 aliphatic heterocycles. The molecule has 1 aromatic carbocycles. The average Bonchev–Trinajstić information content (AvgIpc) is 2.98. The molecule has 0 unspecified atom stereocenters. The zero-order chi connectivity index (χ0) is 14.7. The number of aromatic nitrogens is 4. The van der Waals surface area contributed by atoms with Crippen LogP contribution in [-0.2, 0) is 0 Å². The van der Waals surface area contributed by atoms with Crippen LogP contribution in [0.3, 0.4) is 0 Å². The minimum atomic E-state index is -0.586. The van der Waals surface area contributed by atoms with Crippen LogP contribution in [0, 0.1) is 5.95 Å². The summed E-state index contributed by atoms with van der Waals surface area (Å²) < 4.78 is 20.5. The third-order valence-electron chi connectivity index (χ3n) is 2.92. The SMILES string of the molecule is CCOc1cccc(-c2cn(-c3cccnc3F)nn2)c1. The molecule has 0 amide bonds. The van der Waals surface area contributed by atoms with E-state index in [-0.39, 0.29) is 5.69 Å². The molecule has 0 spiro atoms. The third kappa shape index (κ3) is 2.74. The molecule has 5 nitrogen and oxygen atoms in total. The molecule has 0 N–H and O–H groups in total. The Morgan fingerprint density at radius 3 is 2.95 bits per heavy atom. The van der Waals surface area contributed by atoms with Crippen molar-refractivity contribution in [2.45, 2.75) is 6.92 Å². The molecule has 6 heteroatoms. The molecule has 0 atom stereocenters. The first kappa shape index (κ1) is 13.2. The largest absolute Gasteiger partial charge is 0.494 e. The minimum absolute atomic E-state index is 0.261. The van der Waals surface area contributed by atoms with Gasteiger partial charge < -0.3 is 4.74 Å². The number of benzene rings is 1. The fourth-order valence-corrected chi connectivity index (χ4v) is 1.97. The summed E-state index contributed by atoms with van der Waals surface area (Å²) in [5.74, 6) is 0.175. The van der Waals surface area contributed by atoms with Gasteiger partial charge in [0.1, 0.15) is 17.1 Å². The van der Waals surface area contributed by atoms with Gasteiger partial charge in [-0.2, -0.15) is 4.39 Å². The quantitative estimate of drug-likeness (QED) is 0.691. The lowest BCUT2D eigenvalue weighted by Crippen LogP contribution is -1.99. The van der Waals surface area contributed by atoms with Crippen LogP contribution in [0.25, 0.3) is 16.9 Å². The molecule has 2 heterocycles. The minimum Gasteiger partial charge on any atom is -0.494 e. The number of hydrogen-bond donors (Lipinski definition) is 0. The van der Waals surface area contributed by atoms with Crippen molar-refractivity contribution in [3.05, 3.63) is 54.7 Å². The van der Waals surface area contributed by atoms with Gasteiger partial charge in [-0.25, -0.2) is 9.67 Å². The van der Waals surface area contributed by atoms with Crippen LogP contribution in [0.5, 0.6) is 5.75 Å². The van der Waals surface area contributed by atoms with Crippen molar-refractivity contribution in [3.63, 3.8) is 0 Å². The van der Waals surface area contributed by atoms with Gasteiger partial charge in [-0.3, -0.25) is 0 Å². The molecule has 21 heavy (non-hydrogen) atoms. The number of ether oxygens (including phenoxy) is 1. The van der Waals surface area contributed by atoms with Gasteiger partial charge >= 0.3 is 0 Å². The summed E-state index contributed by atoms with van der Waals surface area (Å²) in [5.41, 5.74) is 1.76. The van der Waals surface area contributed by atoms with Crippen molar-refractivity contribution in [2.75, 3.05) is 6.61 Å². The number of halogens is 1. The van der Waals surface area contributed by atoms with Gasteiger partial charge in [0.05, 0.1) is 12.8 Å². The summed E-state index contributed by atoms with van der Waals surface area (Å²) in [4.78, 5) is 3.60. The van der Waals surface area contributed by atoms with Gasteiger partial charge in [-0.15, -0.1) is 5.10 Å². The third-order valence-corrected chi connectivity index (χ3v) is 2.92. The van der Waals surface area contributed by atoms with E-state index in [1.54, 1.807) is 18.3 Å². The van der Waals surface area contributed by atoms with E-state index in [4.69, 9.17) is 4.74 Å². The van der Waals surface area contributed by atoms with Gasteiger partial charge in [0.2, 0.25) is 5.95 Å². The van der Waals surface area contributed by atoms with Crippen molar-refractivity contribution >= 4 is 0 Å². The summed E-state index contributed by atoms with van der Waals surface area (Å²) in [5, 5.41) is 8.01. The van der Waals surface area contributed by atoms with Crippen LogP contribution < -0.4 is 4.74 Å². The highest BCUT2D eigenvalue weighted by molar-refractivity contribution is 5.60. The van der Waals surface area contributed by atoms with Crippen molar-refractivity contribution in [1.29, 1.82) is 0 Å². The van der Waals surface area contributed by atoms with Crippen LogP contribution in [0.1, 0.15) is 6.92 Å². The number of rotatable bonds is 4. The summed E-state index contributed by atoms with van der Waals surface area (Å²) in [6, 6.07) is 10.8. The van der Waals surface area contributed by atoms with Crippen LogP contribution in [-0.4, -0.2) is 26.6 Å². The molecule has 3 rings (SSSR count). The maximum atomic E-state index is 13.6. The maximum Gasteiger partial charge on any atom is 0.238 e. The lowest BCUT2D eigenvalue weighted by Gasteiger charge is -2.03. The molecule has 0 fully saturated rings. The lowest BCUT2D eigenvalue weighted by atomic mass is 10.1. The first-order valence-electron chi connectivity index (χ1n) is 6.54. The second-order valence-electron chi connectivity index (χ2n) is 4.32. The molecule has 0 aliphatic rings. The van der Waals surface area contributed by atoms with Gasteiger partial charge in [0, 0.05) is 11.8 Å². The smallest absolute Gasteiger partial charge is 0.238 e. The van der Waals surface area contributed by atoms with E-state index >= 15 is 0 Å². The normalized spacial score (nSPS) is 10.6. The summed E-state index contributed by atoms with van der Waals surface area (Å²) in [6.07, 6.45) is 3.05. The Morgan fingerprint density at radius 2 is 2.14 bits per heavy atom. The zero-order valence-electron chi connectivity index (χ0n) is 11.4. The molecule has 0 saturated heterocycles. The lowest BCUT2D eigenvalue weighted by molar-refractivity contribution is 0.340. The Labute approximate surface area is 121 Å². The van der Waals surface area contributed by atoms with Crippen molar-refractivity contribution in [1.82, 2.24) is 20.0 Å². The zero-order valence-corrected chi connectivity index (χ0v) is 11.4. The van der Waals surface area contributed by atoms with E-state index in [0.717, 1.165) is 11.3 Å². The Kier molecular flexibility index (Phi) is 3.59. The highest BCUT2D eigenvalue weighted by Crippen LogP contribution is 2.22. The summed E-state index contributed by atoms with van der Waals surface area (Å²) in [7, 11) is 0. The summed E-state index contributed by atoms with van der Waals surface area (Å²) >= 11 is 0. The topological polar surface area (TPSA) is 52.8 Å². The Hall–Kier alpha value is -2.76. The first-order valence-corrected chi connectivity index (χ1v) is 6.54. The number of hydrogen-bond acceptors (Lipinski definition) is 4. The Bertz CT molecular complexity index is 757. The van der Waals surface area contributed by atoms with Gasteiger partial charge in [0.25, 0.3) is 0 Å². The Balaban J connectivity index is 1.95. The van der Waals surface area contributed by atoms with Gasteiger partial charge in [-0.1, -0.05) is 17.3 Å². The molecule has 3 aromatic rings. The fraction of sp³-hybridized carbons (Fsp3) is 0.133. The monoisotopic (exact) mass is 284 g/mol. The second kappa shape index (κ2) is 5.70. The molecular weight excluding hydrogens is 271 g/mol. The second-order valence-corrected chi connectivity index (χ2v) is 4.32. The Morgan fingerprint density at radius 1 is 1.24 bits per heavy atom. The molecule has 0 bridgehead atoms. The first-order chi connectivity index (χ1) is 10.3. The van der Waals surface area contributed by atoms with Crippen LogP contribution in [0.4, 0.5) is 4.39 Å². The number of pyridine rings is 1. The molecule has 0 aliphatic carbocycles. The fourth-order valence-electron chi connectivity index (χ4n) is 1.97. The van der Waals surface area contributed by atoms with Gasteiger partial charge in [-0.05, 0) is 31.2 Å². The molecule has 106 valence electrons. The standard InChI is InChI=1S/C15H13FN4O/c1-2-21-12-6-3-5-11(9-12)13-10-20(19-18-13)14-7-4-8-17-15(14)16/h3-10H,2H2,1H3. The molecule has 0 saturated carbocycles. The van der Waals surface area contributed by atoms with E-state index < -0.39 is 5.95 Å². The predicted octanol–water partition coefficient (Wildman–Crippen LogP) is 2.87. The van der Waals surface area contributed by atoms with E-state index in [1.807, 2.05) is 31.2 Å².